The van der Waals surface area contributed by atoms with Crippen molar-refractivity contribution in [3.8, 4) is 5.75 Å². The standard InChI is InChI=1S/C31H38N6O7S/c1-44-25-10-4-6-21(14-25)18-37(20-29(39)40)30(41)27(16-28(38)34-17-22-7-5-13-36(19-22)31(32)33)35-45(42,43)26-12-11-23-8-2-3-9-24(23)15-26/h2-4,6,8-12,14-15,22,27,35H,5,7,13,16-20H2,1H3,(H3,32,33)(H,34,38)(H,39,40)/t22-,27-/m0/s1. The molecular weight excluding hydrogens is 600 g/mol. The van der Waals surface area contributed by atoms with Crippen molar-refractivity contribution in [1.82, 2.24) is 19.8 Å². The molecule has 2 atom stereocenters. The van der Waals surface area contributed by atoms with Crippen LogP contribution in [0.4, 0.5) is 0 Å². The molecule has 4 rings (SSSR count). The number of sulfonamides is 1. The topological polar surface area (TPSA) is 195 Å². The molecule has 1 fully saturated rings. The summed E-state index contributed by atoms with van der Waals surface area (Å²) in [4.78, 5) is 41.5. The molecule has 0 bridgehead atoms. The lowest BCUT2D eigenvalue weighted by Crippen LogP contribution is -2.52. The zero-order valence-corrected chi connectivity index (χ0v) is 25.8. The van der Waals surface area contributed by atoms with Crippen molar-refractivity contribution in [2.75, 3.05) is 33.3 Å². The van der Waals surface area contributed by atoms with Gasteiger partial charge in [0, 0.05) is 26.2 Å². The van der Waals surface area contributed by atoms with E-state index >= 15 is 0 Å². The van der Waals surface area contributed by atoms with Crippen molar-refractivity contribution in [2.45, 2.75) is 36.7 Å². The monoisotopic (exact) mass is 638 g/mol. The number of aliphatic carboxylic acids is 1. The quantitative estimate of drug-likeness (QED) is 0.137. The number of nitrogens with zero attached hydrogens (tertiary/aromatic N) is 2. The highest BCUT2D eigenvalue weighted by Gasteiger charge is 2.33. The Balaban J connectivity index is 1.58. The van der Waals surface area contributed by atoms with Crippen LogP contribution in [0.25, 0.3) is 10.8 Å². The summed E-state index contributed by atoms with van der Waals surface area (Å²) in [6.45, 7) is 0.485. The molecule has 3 aromatic rings. The Morgan fingerprint density at radius 1 is 1.11 bits per heavy atom. The predicted octanol–water partition coefficient (Wildman–Crippen LogP) is 1.72. The highest BCUT2D eigenvalue weighted by Crippen LogP contribution is 2.21. The van der Waals surface area contributed by atoms with Gasteiger partial charge in [-0.1, -0.05) is 42.5 Å². The number of ether oxygens (including phenoxy) is 1. The van der Waals surface area contributed by atoms with Gasteiger partial charge in [-0.25, -0.2) is 8.42 Å². The van der Waals surface area contributed by atoms with Crippen molar-refractivity contribution in [3.63, 3.8) is 0 Å². The predicted molar refractivity (Wildman–Crippen MR) is 168 cm³/mol. The Labute approximate surface area is 261 Å². The summed E-state index contributed by atoms with van der Waals surface area (Å²) in [6.07, 6.45) is 1.03. The summed E-state index contributed by atoms with van der Waals surface area (Å²) in [5.41, 5.74) is 6.17. The smallest absolute Gasteiger partial charge is 0.323 e. The lowest BCUT2D eigenvalue weighted by molar-refractivity contribution is -0.146. The molecular formula is C31H38N6O7S. The Bertz CT molecular complexity index is 1660. The number of benzene rings is 3. The SMILES string of the molecule is COc1cccc(CN(CC(=O)O)C(=O)[C@H](CC(=O)NC[C@@H]2CCCN(C(=N)N)C2)NS(=O)(=O)c2ccc3ccccc3c2)c1. The van der Waals surface area contributed by atoms with Gasteiger partial charge in [-0.05, 0) is 59.4 Å². The van der Waals surface area contributed by atoms with Gasteiger partial charge < -0.3 is 30.7 Å². The fourth-order valence-electron chi connectivity index (χ4n) is 5.32. The molecule has 1 saturated heterocycles. The van der Waals surface area contributed by atoms with Gasteiger partial charge in [0.15, 0.2) is 5.96 Å². The highest BCUT2D eigenvalue weighted by atomic mass is 32.2. The summed E-state index contributed by atoms with van der Waals surface area (Å²) >= 11 is 0. The number of rotatable bonds is 13. The summed E-state index contributed by atoms with van der Waals surface area (Å²) in [5.74, 6) is -2.32. The second kappa shape index (κ2) is 14.9. The summed E-state index contributed by atoms with van der Waals surface area (Å²) in [5, 5.41) is 21.6. The first-order valence-corrected chi connectivity index (χ1v) is 15.9. The fourth-order valence-corrected chi connectivity index (χ4v) is 6.55. The van der Waals surface area contributed by atoms with Gasteiger partial charge in [0.2, 0.25) is 21.8 Å². The third-order valence-electron chi connectivity index (χ3n) is 7.61. The van der Waals surface area contributed by atoms with Crippen molar-refractivity contribution in [1.29, 1.82) is 5.41 Å². The van der Waals surface area contributed by atoms with Crippen molar-refractivity contribution >= 4 is 44.5 Å². The Kier molecular flexibility index (Phi) is 11.0. The lowest BCUT2D eigenvalue weighted by Gasteiger charge is -2.33. The number of amides is 2. The van der Waals surface area contributed by atoms with Gasteiger partial charge in [0.25, 0.3) is 0 Å². The molecule has 1 aliphatic heterocycles. The summed E-state index contributed by atoms with van der Waals surface area (Å²) in [6, 6.07) is 16.8. The Morgan fingerprint density at radius 2 is 1.87 bits per heavy atom. The molecule has 0 saturated carbocycles. The molecule has 0 spiro atoms. The molecule has 1 aliphatic rings. The molecule has 13 nitrogen and oxygen atoms in total. The third kappa shape index (κ3) is 9.16. The number of carbonyl (C=O) groups is 3. The second-order valence-electron chi connectivity index (χ2n) is 11.0. The van der Waals surface area contributed by atoms with E-state index in [2.05, 4.69) is 10.0 Å². The van der Waals surface area contributed by atoms with Crippen LogP contribution in [0.3, 0.4) is 0 Å². The van der Waals surface area contributed by atoms with E-state index in [0.29, 0.717) is 29.8 Å². The zero-order chi connectivity index (χ0) is 32.6. The molecule has 0 aromatic heterocycles. The van der Waals surface area contributed by atoms with Crippen LogP contribution in [0.1, 0.15) is 24.8 Å². The van der Waals surface area contributed by atoms with E-state index in [0.717, 1.165) is 23.1 Å². The number of carbonyl (C=O) groups excluding carboxylic acids is 2. The van der Waals surface area contributed by atoms with E-state index in [1.807, 2.05) is 12.1 Å². The fraction of sp³-hybridized carbons (Fsp3) is 0.355. The van der Waals surface area contributed by atoms with E-state index in [4.69, 9.17) is 15.9 Å². The average Bonchev–Trinajstić information content (AvgIpc) is 3.02. The number of nitrogens with two attached hydrogens (primary N) is 1. The summed E-state index contributed by atoms with van der Waals surface area (Å²) in [7, 11) is -2.86. The van der Waals surface area contributed by atoms with Crippen LogP contribution in [0.15, 0.2) is 71.6 Å². The molecule has 6 N–H and O–H groups in total. The number of nitrogens with one attached hydrogen (secondary N) is 3. The maximum atomic E-state index is 13.9. The number of guanidine groups is 1. The first-order chi connectivity index (χ1) is 21.4. The van der Waals surface area contributed by atoms with Crippen molar-refractivity contribution in [3.05, 3.63) is 72.3 Å². The van der Waals surface area contributed by atoms with E-state index in [1.54, 1.807) is 47.4 Å². The maximum Gasteiger partial charge on any atom is 0.323 e. The molecule has 1 heterocycles. The number of carboxylic acid groups (broad SMARTS) is 1. The van der Waals surface area contributed by atoms with Crippen LogP contribution in [-0.4, -0.2) is 86.4 Å². The van der Waals surface area contributed by atoms with Gasteiger partial charge in [-0.2, -0.15) is 4.72 Å². The van der Waals surface area contributed by atoms with Gasteiger partial charge in [0.05, 0.1) is 18.4 Å². The van der Waals surface area contributed by atoms with E-state index in [1.165, 1.54) is 19.2 Å². The van der Waals surface area contributed by atoms with Crippen LogP contribution < -0.4 is 20.5 Å². The second-order valence-corrected chi connectivity index (χ2v) is 12.7. The number of likely N-dealkylation sites (tertiary alicyclic amines) is 1. The first-order valence-electron chi connectivity index (χ1n) is 14.5. The minimum absolute atomic E-state index is 0.00612. The van der Waals surface area contributed by atoms with E-state index in [9.17, 15) is 27.9 Å². The molecule has 0 unspecified atom stereocenters. The third-order valence-corrected chi connectivity index (χ3v) is 9.08. The number of methoxy groups -OCH3 is 1. The average molecular weight is 639 g/mol. The molecule has 14 heteroatoms. The molecule has 0 aliphatic carbocycles. The van der Waals surface area contributed by atoms with Gasteiger partial charge in [-0.3, -0.25) is 19.8 Å². The molecule has 240 valence electrons. The van der Waals surface area contributed by atoms with Crippen molar-refractivity contribution in [2.24, 2.45) is 11.7 Å². The normalized spacial score (nSPS) is 15.7. The Hall–Kier alpha value is -4.69. The van der Waals surface area contributed by atoms with Gasteiger partial charge in [0.1, 0.15) is 18.3 Å². The largest absolute Gasteiger partial charge is 0.497 e. The van der Waals surface area contributed by atoms with E-state index < -0.39 is 46.8 Å². The molecule has 2 amide bonds. The number of fused-ring (bicyclic) bond motifs is 1. The number of piperidine rings is 1. The van der Waals surface area contributed by atoms with Crippen LogP contribution >= 0.6 is 0 Å². The van der Waals surface area contributed by atoms with Gasteiger partial charge in [-0.15, -0.1) is 0 Å². The minimum atomic E-state index is -4.33. The zero-order valence-electron chi connectivity index (χ0n) is 24.9. The van der Waals surface area contributed by atoms with Gasteiger partial charge >= 0.3 is 5.97 Å². The van der Waals surface area contributed by atoms with Crippen LogP contribution in [0, 0.1) is 11.3 Å². The van der Waals surface area contributed by atoms with E-state index in [-0.39, 0.29) is 29.9 Å². The summed E-state index contributed by atoms with van der Waals surface area (Å²) < 4.78 is 34.8. The van der Waals surface area contributed by atoms with Crippen LogP contribution in [0.2, 0.25) is 0 Å². The van der Waals surface area contributed by atoms with Crippen LogP contribution in [0.5, 0.6) is 5.75 Å². The maximum absolute atomic E-state index is 13.9. The number of carboxylic acids is 1. The lowest BCUT2D eigenvalue weighted by atomic mass is 9.98. The Morgan fingerprint density at radius 3 is 2.58 bits per heavy atom. The molecule has 45 heavy (non-hydrogen) atoms. The minimum Gasteiger partial charge on any atom is -0.497 e. The number of hydrogen-bond acceptors (Lipinski definition) is 7. The molecule has 0 radical (unpaired) electrons. The molecule has 3 aromatic carbocycles. The first kappa shape index (κ1) is 33.2. The van der Waals surface area contributed by atoms with Crippen LogP contribution in [-0.2, 0) is 31.0 Å². The number of hydrogen-bond donors (Lipinski definition) is 5. The van der Waals surface area contributed by atoms with Crippen molar-refractivity contribution < 1.29 is 32.6 Å². The highest BCUT2D eigenvalue weighted by molar-refractivity contribution is 7.89.